The maximum atomic E-state index is 13.7. The lowest BCUT2D eigenvalue weighted by Crippen LogP contribution is -2.45. The summed E-state index contributed by atoms with van der Waals surface area (Å²) in [6, 6.07) is 15.0. The van der Waals surface area contributed by atoms with Gasteiger partial charge in [0.1, 0.15) is 5.82 Å². The third-order valence-electron chi connectivity index (χ3n) is 6.58. The van der Waals surface area contributed by atoms with Crippen molar-refractivity contribution in [2.45, 2.75) is 77.9 Å². The highest BCUT2D eigenvalue weighted by atomic mass is 19.1. The van der Waals surface area contributed by atoms with Gasteiger partial charge in [0.15, 0.2) is 5.79 Å². The third-order valence-corrected chi connectivity index (χ3v) is 6.58. The summed E-state index contributed by atoms with van der Waals surface area (Å²) in [7, 11) is 0. The van der Waals surface area contributed by atoms with E-state index in [1.807, 2.05) is 38.1 Å². The lowest BCUT2D eigenvalue weighted by Gasteiger charge is -2.39. The first-order chi connectivity index (χ1) is 17.3. The van der Waals surface area contributed by atoms with E-state index in [2.05, 4.69) is 48.0 Å². The van der Waals surface area contributed by atoms with Crippen molar-refractivity contribution in [3.05, 3.63) is 66.1 Å². The molecule has 1 amide bonds. The van der Waals surface area contributed by atoms with Crippen LogP contribution in [0.15, 0.2) is 54.6 Å². The summed E-state index contributed by atoms with van der Waals surface area (Å²) in [4.78, 5) is 12.4. The number of carbonyl (C=O) groups excluding carboxylic acids is 1. The van der Waals surface area contributed by atoms with E-state index in [1.54, 1.807) is 0 Å². The van der Waals surface area contributed by atoms with Gasteiger partial charge in [-0.15, -0.1) is 0 Å². The van der Waals surface area contributed by atoms with Crippen LogP contribution in [-0.4, -0.2) is 35.0 Å². The number of para-hydroxylation sites is 1. The SMILES string of the molecule is CCCCNC(=O)C[C@H]1C[C@@H](/C=C/c2c(-c3ccc(F)cc3)c3ccccc3n2CC)OC(C)(C)O1. The first kappa shape index (κ1) is 26.1. The number of benzene rings is 2. The second-order valence-corrected chi connectivity index (χ2v) is 9.83. The van der Waals surface area contributed by atoms with Gasteiger partial charge >= 0.3 is 0 Å². The Morgan fingerprint density at radius 1 is 1.14 bits per heavy atom. The summed E-state index contributed by atoms with van der Waals surface area (Å²) in [5.74, 6) is -1.03. The van der Waals surface area contributed by atoms with Crippen molar-refractivity contribution in [3.8, 4) is 11.1 Å². The van der Waals surface area contributed by atoms with E-state index in [4.69, 9.17) is 9.47 Å². The summed E-state index contributed by atoms with van der Waals surface area (Å²) >= 11 is 0. The quantitative estimate of drug-likeness (QED) is 0.338. The Hall–Kier alpha value is -2.96. The smallest absolute Gasteiger partial charge is 0.222 e. The molecule has 4 rings (SSSR count). The molecule has 2 aromatic carbocycles. The molecular formula is C30H37FN2O3. The monoisotopic (exact) mass is 492 g/mol. The topological polar surface area (TPSA) is 52.5 Å². The van der Waals surface area contributed by atoms with Crippen LogP contribution < -0.4 is 5.32 Å². The Morgan fingerprint density at radius 2 is 1.89 bits per heavy atom. The van der Waals surface area contributed by atoms with Crippen LogP contribution in [0, 0.1) is 5.82 Å². The third kappa shape index (κ3) is 6.05. The molecule has 2 heterocycles. The van der Waals surface area contributed by atoms with Crippen LogP contribution in [0.3, 0.4) is 0 Å². The molecule has 0 saturated carbocycles. The minimum atomic E-state index is -0.793. The molecule has 192 valence electrons. The van der Waals surface area contributed by atoms with Crippen molar-refractivity contribution in [1.29, 1.82) is 0 Å². The number of hydrogen-bond donors (Lipinski definition) is 1. The fourth-order valence-electron chi connectivity index (χ4n) is 5.03. The molecule has 1 fully saturated rings. The molecule has 6 heteroatoms. The standard InChI is InChI=1S/C30H37FN2O3/c1-5-7-18-32-28(34)20-24-19-23(35-30(3,4)36-24)16-17-27-29(21-12-14-22(31)15-13-21)25-10-8-9-11-26(25)33(27)6-2/h8-17,23-24H,5-7,18-20H2,1-4H3,(H,32,34)/b17-16+/t23-,24-/m1/s1. The van der Waals surface area contributed by atoms with Gasteiger partial charge in [0.25, 0.3) is 0 Å². The average molecular weight is 493 g/mol. The molecule has 1 aromatic heterocycles. The van der Waals surface area contributed by atoms with Crippen LogP contribution in [0.1, 0.15) is 59.1 Å². The summed E-state index contributed by atoms with van der Waals surface area (Å²) in [6.07, 6.45) is 6.68. The van der Waals surface area contributed by atoms with Crippen molar-refractivity contribution in [1.82, 2.24) is 9.88 Å². The summed E-state index contributed by atoms with van der Waals surface area (Å²) in [6.45, 7) is 9.50. The second-order valence-electron chi connectivity index (χ2n) is 9.83. The minimum Gasteiger partial charge on any atom is -0.356 e. The van der Waals surface area contributed by atoms with Crippen LogP contribution in [0.4, 0.5) is 4.39 Å². The van der Waals surface area contributed by atoms with E-state index in [0.717, 1.165) is 47.1 Å². The number of ether oxygens (including phenoxy) is 2. The van der Waals surface area contributed by atoms with Crippen LogP contribution in [0.5, 0.6) is 0 Å². The maximum absolute atomic E-state index is 13.7. The molecule has 0 aliphatic carbocycles. The Bertz CT molecular complexity index is 1210. The van der Waals surface area contributed by atoms with Gasteiger partial charge in [-0.3, -0.25) is 4.79 Å². The van der Waals surface area contributed by atoms with Crippen LogP contribution in [-0.2, 0) is 20.8 Å². The summed E-state index contributed by atoms with van der Waals surface area (Å²) < 4.78 is 28.2. The maximum Gasteiger partial charge on any atom is 0.222 e. The number of aryl methyl sites for hydroxylation is 1. The molecule has 1 aliphatic rings. The number of nitrogens with zero attached hydrogens (tertiary/aromatic N) is 1. The number of hydrogen-bond acceptors (Lipinski definition) is 3. The van der Waals surface area contributed by atoms with Crippen LogP contribution in [0.2, 0.25) is 0 Å². The van der Waals surface area contributed by atoms with Gasteiger partial charge < -0.3 is 19.4 Å². The van der Waals surface area contributed by atoms with Gasteiger partial charge in [0, 0.05) is 41.7 Å². The van der Waals surface area contributed by atoms with Crippen LogP contribution >= 0.6 is 0 Å². The Balaban J connectivity index is 1.63. The molecular weight excluding hydrogens is 455 g/mol. The predicted molar refractivity (Wildman–Crippen MR) is 143 cm³/mol. The van der Waals surface area contributed by atoms with E-state index >= 15 is 0 Å². The molecule has 3 aromatic rings. The van der Waals surface area contributed by atoms with E-state index in [-0.39, 0.29) is 23.9 Å². The van der Waals surface area contributed by atoms with Crippen molar-refractivity contribution in [3.63, 3.8) is 0 Å². The molecule has 0 spiro atoms. The van der Waals surface area contributed by atoms with E-state index in [1.165, 1.54) is 12.1 Å². The first-order valence-electron chi connectivity index (χ1n) is 13.0. The van der Waals surface area contributed by atoms with Gasteiger partial charge in [-0.25, -0.2) is 4.39 Å². The van der Waals surface area contributed by atoms with E-state index < -0.39 is 5.79 Å². The number of fused-ring (bicyclic) bond motifs is 1. The lowest BCUT2D eigenvalue weighted by atomic mass is 10.0. The Morgan fingerprint density at radius 3 is 2.61 bits per heavy atom. The fourth-order valence-corrected chi connectivity index (χ4v) is 5.03. The molecule has 0 radical (unpaired) electrons. The zero-order valence-electron chi connectivity index (χ0n) is 21.7. The second kappa shape index (κ2) is 11.4. The molecule has 1 aliphatic heterocycles. The highest BCUT2D eigenvalue weighted by molar-refractivity contribution is 6.00. The number of unbranched alkanes of at least 4 members (excludes halogenated alkanes) is 1. The van der Waals surface area contributed by atoms with Gasteiger partial charge in [-0.1, -0.05) is 49.8 Å². The molecule has 1 saturated heterocycles. The normalized spacial score (nSPS) is 19.7. The van der Waals surface area contributed by atoms with Gasteiger partial charge in [0.2, 0.25) is 5.91 Å². The molecule has 36 heavy (non-hydrogen) atoms. The molecule has 0 bridgehead atoms. The van der Waals surface area contributed by atoms with Gasteiger partial charge in [0.05, 0.1) is 18.6 Å². The average Bonchev–Trinajstić information content (AvgIpc) is 3.15. The first-order valence-corrected chi connectivity index (χ1v) is 13.0. The van der Waals surface area contributed by atoms with E-state index in [0.29, 0.717) is 19.4 Å². The van der Waals surface area contributed by atoms with Gasteiger partial charge in [-0.05, 0) is 57.0 Å². The van der Waals surface area contributed by atoms with Gasteiger partial charge in [-0.2, -0.15) is 0 Å². The number of amides is 1. The summed E-state index contributed by atoms with van der Waals surface area (Å²) in [5, 5.41) is 4.11. The highest BCUT2D eigenvalue weighted by Gasteiger charge is 2.35. The minimum absolute atomic E-state index is 0.0126. The highest BCUT2D eigenvalue weighted by Crippen LogP contribution is 2.37. The number of halogens is 1. The Labute approximate surface area is 213 Å². The predicted octanol–water partition coefficient (Wildman–Crippen LogP) is 6.70. The molecule has 2 atom stereocenters. The zero-order valence-corrected chi connectivity index (χ0v) is 21.7. The molecule has 0 unspecified atom stereocenters. The van der Waals surface area contributed by atoms with Crippen molar-refractivity contribution >= 4 is 22.9 Å². The largest absolute Gasteiger partial charge is 0.356 e. The summed E-state index contributed by atoms with van der Waals surface area (Å²) in [5.41, 5.74) is 4.22. The Kier molecular flexibility index (Phi) is 8.27. The van der Waals surface area contributed by atoms with Crippen molar-refractivity contribution in [2.24, 2.45) is 0 Å². The van der Waals surface area contributed by atoms with Crippen LogP contribution in [0.25, 0.3) is 28.1 Å². The lowest BCUT2D eigenvalue weighted by molar-refractivity contribution is -0.289. The van der Waals surface area contributed by atoms with E-state index in [9.17, 15) is 9.18 Å². The van der Waals surface area contributed by atoms with Crippen molar-refractivity contribution < 1.29 is 18.7 Å². The number of carbonyl (C=O) groups is 1. The van der Waals surface area contributed by atoms with Crippen molar-refractivity contribution in [2.75, 3.05) is 6.54 Å². The fraction of sp³-hybridized carbons (Fsp3) is 0.433. The number of nitrogens with one attached hydrogen (secondary N) is 1. The number of aromatic nitrogens is 1. The zero-order chi connectivity index (χ0) is 25.7. The number of rotatable bonds is 9. The molecule has 5 nitrogen and oxygen atoms in total. The molecule has 1 N–H and O–H groups in total.